The predicted molar refractivity (Wildman–Crippen MR) is 98.5 cm³/mol. The minimum absolute atomic E-state index is 0. The van der Waals surface area contributed by atoms with Crippen molar-refractivity contribution in [3.63, 3.8) is 0 Å². The molecule has 2 aromatic rings. The van der Waals surface area contributed by atoms with E-state index < -0.39 is 6.10 Å². The summed E-state index contributed by atoms with van der Waals surface area (Å²) in [5.41, 5.74) is 9.12. The summed E-state index contributed by atoms with van der Waals surface area (Å²) in [6.07, 6.45) is -0.313. The molecule has 0 saturated carbocycles. The van der Waals surface area contributed by atoms with E-state index in [9.17, 15) is 10.3 Å². The maximum Gasteiger partial charge on any atom is 0.116 e. The van der Waals surface area contributed by atoms with Crippen LogP contribution in [-0.2, 0) is 0 Å². The van der Waals surface area contributed by atoms with Crippen LogP contribution in [0.4, 0.5) is 0 Å². The molecule has 1 aliphatic rings. The first-order chi connectivity index (χ1) is 11.4. The maximum atomic E-state index is 10.4. The molecule has 127 valence electrons. The molecule has 0 aliphatic heterocycles. The van der Waals surface area contributed by atoms with Crippen LogP contribution in [0.15, 0.2) is 41.6 Å². The average Bonchev–Trinajstić information content (AvgIpc) is 2.89. The van der Waals surface area contributed by atoms with E-state index in [-0.39, 0.29) is 44.1 Å². The zero-order chi connectivity index (χ0) is 17.4. The monoisotopic (exact) mass is 548 g/mol. The van der Waals surface area contributed by atoms with Gasteiger partial charge in [0.05, 0.1) is 0 Å². The smallest absolute Gasteiger partial charge is 0.116 e. The van der Waals surface area contributed by atoms with Crippen LogP contribution in [0, 0.1) is 71.8 Å². The van der Waals surface area contributed by atoms with Crippen LogP contribution >= 0.6 is 0 Å². The largest absolute Gasteiger partial charge is 0.411 e. The fourth-order valence-electron chi connectivity index (χ4n) is 3.35. The molecule has 0 aromatic heterocycles. The summed E-state index contributed by atoms with van der Waals surface area (Å²) < 4.78 is 0. The molecule has 3 nitrogen and oxygen atoms in total. The Morgan fingerprint density at radius 1 is 0.920 bits per heavy atom. The number of aliphatic hydroxyl groups is 1. The molecular formula is C21H23AcNO2. The fourth-order valence-corrected chi connectivity index (χ4v) is 3.35. The molecule has 1 unspecified atom stereocenters. The first kappa shape index (κ1) is 20.4. The van der Waals surface area contributed by atoms with Gasteiger partial charge in [-0.2, -0.15) is 0 Å². The van der Waals surface area contributed by atoms with Crippen LogP contribution in [0.25, 0.3) is 11.1 Å². The van der Waals surface area contributed by atoms with Gasteiger partial charge < -0.3 is 10.3 Å². The van der Waals surface area contributed by atoms with E-state index in [1.807, 2.05) is 0 Å². The molecule has 0 saturated heterocycles. The number of aliphatic hydroxyl groups excluding tert-OH is 1. The van der Waals surface area contributed by atoms with Crippen molar-refractivity contribution in [2.45, 2.75) is 40.2 Å². The SMILES string of the molecule is Cc1ccc(C2=C(c3cc(C)c(C)c(C)c3)/C(=N\O)C(O)C2)cc1.[Ac]. The van der Waals surface area contributed by atoms with E-state index in [1.165, 1.54) is 22.3 Å². The van der Waals surface area contributed by atoms with Crippen molar-refractivity contribution >= 4 is 16.9 Å². The topological polar surface area (TPSA) is 52.8 Å². The van der Waals surface area contributed by atoms with Gasteiger partial charge in [0, 0.05) is 56.1 Å². The number of hydrogen-bond acceptors (Lipinski definition) is 3. The molecule has 1 radical (unpaired) electrons. The van der Waals surface area contributed by atoms with E-state index in [0.717, 1.165) is 22.3 Å². The summed E-state index contributed by atoms with van der Waals surface area (Å²) in [5.74, 6) is 0. The quantitative estimate of drug-likeness (QED) is 0.432. The summed E-state index contributed by atoms with van der Waals surface area (Å²) in [6, 6.07) is 12.5. The number of oxime groups is 1. The van der Waals surface area contributed by atoms with Gasteiger partial charge in [0.15, 0.2) is 0 Å². The van der Waals surface area contributed by atoms with Crippen molar-refractivity contribution in [1.82, 2.24) is 0 Å². The first-order valence-electron chi connectivity index (χ1n) is 8.21. The second-order valence-electron chi connectivity index (χ2n) is 6.66. The molecule has 1 aliphatic carbocycles. The Bertz CT molecular complexity index is 828. The fraction of sp³-hybridized carbons (Fsp3) is 0.286. The van der Waals surface area contributed by atoms with Crippen LogP contribution in [0.3, 0.4) is 0 Å². The summed E-state index contributed by atoms with van der Waals surface area (Å²) in [5, 5.41) is 23.2. The Labute approximate surface area is 185 Å². The van der Waals surface area contributed by atoms with Gasteiger partial charge in [-0.05, 0) is 61.1 Å². The van der Waals surface area contributed by atoms with Crippen molar-refractivity contribution in [3.05, 3.63) is 69.8 Å². The van der Waals surface area contributed by atoms with Crippen LogP contribution in [0.1, 0.15) is 39.8 Å². The molecule has 2 N–H and O–H groups in total. The summed E-state index contributed by atoms with van der Waals surface area (Å²) >= 11 is 0. The minimum Gasteiger partial charge on any atom is -0.411 e. The third-order valence-corrected chi connectivity index (χ3v) is 4.99. The summed E-state index contributed by atoms with van der Waals surface area (Å²) in [6.45, 7) is 8.32. The van der Waals surface area contributed by atoms with E-state index in [2.05, 4.69) is 69.2 Å². The summed E-state index contributed by atoms with van der Waals surface area (Å²) in [4.78, 5) is 0. The second-order valence-corrected chi connectivity index (χ2v) is 6.66. The normalized spacial score (nSPS) is 18.6. The van der Waals surface area contributed by atoms with Gasteiger partial charge in [-0.25, -0.2) is 0 Å². The van der Waals surface area contributed by atoms with Gasteiger partial charge >= 0.3 is 0 Å². The second kappa shape index (κ2) is 8.17. The van der Waals surface area contributed by atoms with Gasteiger partial charge in [-0.15, -0.1) is 0 Å². The van der Waals surface area contributed by atoms with E-state index in [1.54, 1.807) is 0 Å². The van der Waals surface area contributed by atoms with Crippen LogP contribution in [0.5, 0.6) is 0 Å². The molecule has 0 heterocycles. The van der Waals surface area contributed by atoms with Gasteiger partial charge in [-0.3, -0.25) is 0 Å². The van der Waals surface area contributed by atoms with Crippen molar-refractivity contribution in [3.8, 4) is 0 Å². The average molecular weight is 548 g/mol. The predicted octanol–water partition coefficient (Wildman–Crippen LogP) is 4.43. The third kappa shape index (κ3) is 3.92. The molecule has 0 amide bonds. The third-order valence-electron chi connectivity index (χ3n) is 4.99. The number of hydrogen-bond donors (Lipinski definition) is 2. The van der Waals surface area contributed by atoms with Gasteiger partial charge in [0.2, 0.25) is 0 Å². The Morgan fingerprint density at radius 2 is 1.48 bits per heavy atom. The molecule has 4 heteroatoms. The van der Waals surface area contributed by atoms with E-state index in [0.29, 0.717) is 12.1 Å². The zero-order valence-electron chi connectivity index (χ0n) is 15.2. The standard InChI is InChI=1S/C21H23NO2.Ac/c1-12-5-7-16(8-6-12)18-11-19(23)21(22-24)20(18)17-9-13(2)15(4)14(3)10-17;/h5-10,19,23-24H,11H2,1-4H3;/b22-21-;. The molecule has 2 aromatic carbocycles. The van der Waals surface area contributed by atoms with E-state index >= 15 is 0 Å². The summed E-state index contributed by atoms with van der Waals surface area (Å²) in [7, 11) is 0. The Kier molecular flexibility index (Phi) is 6.65. The number of benzene rings is 2. The molecule has 0 fully saturated rings. The zero-order valence-corrected chi connectivity index (χ0v) is 19.9. The van der Waals surface area contributed by atoms with E-state index in [4.69, 9.17) is 0 Å². The maximum absolute atomic E-state index is 10.4. The number of rotatable bonds is 2. The Morgan fingerprint density at radius 3 is 2.00 bits per heavy atom. The molecule has 3 rings (SSSR count). The van der Waals surface area contributed by atoms with Gasteiger partial charge in [0.1, 0.15) is 11.8 Å². The van der Waals surface area contributed by atoms with Gasteiger partial charge in [-0.1, -0.05) is 47.1 Å². The van der Waals surface area contributed by atoms with Gasteiger partial charge in [0.25, 0.3) is 0 Å². The van der Waals surface area contributed by atoms with Crippen molar-refractivity contribution in [1.29, 1.82) is 0 Å². The molecular weight excluding hydrogens is 525 g/mol. The van der Waals surface area contributed by atoms with Crippen LogP contribution in [-0.4, -0.2) is 22.1 Å². The molecule has 1 atom stereocenters. The van der Waals surface area contributed by atoms with Crippen molar-refractivity contribution in [2.75, 3.05) is 0 Å². The molecule has 0 spiro atoms. The Balaban J connectivity index is 0.00000225. The van der Waals surface area contributed by atoms with Crippen molar-refractivity contribution < 1.29 is 54.4 Å². The van der Waals surface area contributed by atoms with Crippen LogP contribution < -0.4 is 0 Å². The van der Waals surface area contributed by atoms with Crippen LogP contribution in [0.2, 0.25) is 0 Å². The molecule has 25 heavy (non-hydrogen) atoms. The first-order valence-corrected chi connectivity index (χ1v) is 8.21. The Hall–Kier alpha value is -0.948. The number of nitrogens with zero attached hydrogens (tertiary/aromatic N) is 1. The minimum atomic E-state index is -0.775. The molecule has 0 bridgehead atoms. The van der Waals surface area contributed by atoms with Crippen molar-refractivity contribution in [2.24, 2.45) is 5.16 Å². The number of aryl methyl sites for hydroxylation is 3.